The molecular weight excluding hydrogens is 274 g/mol. The van der Waals surface area contributed by atoms with Crippen molar-refractivity contribution in [2.45, 2.75) is 52.4 Å². The topological polar surface area (TPSA) is 46.4 Å². The highest BCUT2D eigenvalue weighted by molar-refractivity contribution is 5.55. The lowest BCUT2D eigenvalue weighted by molar-refractivity contribution is 0.373. The van der Waals surface area contributed by atoms with Crippen LogP contribution < -0.4 is 10.9 Å². The van der Waals surface area contributed by atoms with Gasteiger partial charge in [-0.15, -0.1) is 0 Å². The second kappa shape index (κ2) is 6.51. The van der Waals surface area contributed by atoms with Crippen LogP contribution in [0.15, 0.2) is 23.1 Å². The maximum absolute atomic E-state index is 12.7. The Morgan fingerprint density at radius 2 is 2.09 bits per heavy atom. The summed E-state index contributed by atoms with van der Waals surface area (Å²) < 4.78 is 1.67. The summed E-state index contributed by atoms with van der Waals surface area (Å²) in [6, 6.07) is 3.90. The van der Waals surface area contributed by atoms with Crippen LogP contribution in [-0.4, -0.2) is 15.9 Å². The lowest BCUT2D eigenvalue weighted by atomic mass is 9.89. The Morgan fingerprint density at radius 1 is 1.32 bits per heavy atom. The van der Waals surface area contributed by atoms with Gasteiger partial charge in [0, 0.05) is 12.7 Å². The summed E-state index contributed by atoms with van der Waals surface area (Å²) in [5.41, 5.74) is 2.64. The number of hydrogen-bond donors (Lipinski definition) is 1. The van der Waals surface area contributed by atoms with Crippen LogP contribution in [0.2, 0.25) is 0 Å². The van der Waals surface area contributed by atoms with Crippen molar-refractivity contribution in [3.8, 4) is 0 Å². The Kier molecular flexibility index (Phi) is 4.46. The molecule has 1 fully saturated rings. The molecule has 1 N–H and O–H groups in total. The summed E-state index contributed by atoms with van der Waals surface area (Å²) in [6.07, 6.45) is 9.13. The number of fused-ring (bicyclic) bond motifs is 1. The molecule has 22 heavy (non-hydrogen) atoms. The highest BCUT2D eigenvalue weighted by Gasteiger charge is 2.16. The molecule has 0 saturated heterocycles. The van der Waals surface area contributed by atoms with Crippen LogP contribution in [-0.2, 0) is 6.42 Å². The van der Waals surface area contributed by atoms with Crippen LogP contribution >= 0.6 is 0 Å². The highest BCUT2D eigenvalue weighted by Crippen LogP contribution is 2.24. The molecule has 118 valence electrons. The van der Waals surface area contributed by atoms with Gasteiger partial charge in [-0.1, -0.05) is 32.3 Å². The van der Waals surface area contributed by atoms with Crippen LogP contribution in [0.5, 0.6) is 0 Å². The zero-order chi connectivity index (χ0) is 15.5. The fourth-order valence-electron chi connectivity index (χ4n) is 3.43. The van der Waals surface area contributed by atoms with E-state index in [1.165, 1.54) is 32.1 Å². The van der Waals surface area contributed by atoms with Crippen LogP contribution in [0.3, 0.4) is 0 Å². The first kappa shape index (κ1) is 15.1. The zero-order valence-electron chi connectivity index (χ0n) is 13.6. The molecule has 0 aromatic carbocycles. The lowest BCUT2D eigenvalue weighted by Gasteiger charge is -2.22. The normalized spacial score (nSPS) is 16.1. The standard InChI is InChI=1S/C18H25N3O/c1-3-15-16(19-12-14-9-5-4-6-10-14)20-17-13(2)8-7-11-21(17)18(15)22/h7-8,11,14,19H,3-6,9-10,12H2,1-2H3. The summed E-state index contributed by atoms with van der Waals surface area (Å²) in [4.78, 5) is 17.4. The zero-order valence-corrected chi connectivity index (χ0v) is 13.6. The van der Waals surface area contributed by atoms with Gasteiger partial charge in [0.2, 0.25) is 0 Å². The minimum atomic E-state index is 0.0577. The van der Waals surface area contributed by atoms with Crippen LogP contribution in [0.25, 0.3) is 5.65 Å². The molecule has 4 heteroatoms. The summed E-state index contributed by atoms with van der Waals surface area (Å²) in [5.74, 6) is 1.50. The SMILES string of the molecule is CCc1c(NCC2CCCCC2)nc2c(C)cccn2c1=O. The van der Waals surface area contributed by atoms with E-state index in [2.05, 4.69) is 5.32 Å². The fraction of sp³-hybridized carbons (Fsp3) is 0.556. The molecule has 1 saturated carbocycles. The predicted molar refractivity (Wildman–Crippen MR) is 90.6 cm³/mol. The number of aromatic nitrogens is 2. The number of nitrogens with one attached hydrogen (secondary N) is 1. The molecule has 3 rings (SSSR count). The number of pyridine rings is 1. The van der Waals surface area contributed by atoms with Crippen molar-refractivity contribution >= 4 is 11.5 Å². The van der Waals surface area contributed by atoms with E-state index in [9.17, 15) is 4.79 Å². The van der Waals surface area contributed by atoms with Crippen molar-refractivity contribution in [1.82, 2.24) is 9.38 Å². The first-order chi connectivity index (χ1) is 10.7. The number of rotatable bonds is 4. The van der Waals surface area contributed by atoms with E-state index >= 15 is 0 Å². The third kappa shape index (κ3) is 2.87. The van der Waals surface area contributed by atoms with Crippen molar-refractivity contribution in [3.05, 3.63) is 39.8 Å². The Bertz CT molecular complexity index is 714. The third-order valence-electron chi connectivity index (χ3n) is 4.78. The van der Waals surface area contributed by atoms with E-state index in [4.69, 9.17) is 4.98 Å². The lowest BCUT2D eigenvalue weighted by Crippen LogP contribution is -2.25. The Balaban J connectivity index is 1.93. The third-order valence-corrected chi connectivity index (χ3v) is 4.78. The van der Waals surface area contributed by atoms with Crippen molar-refractivity contribution < 1.29 is 0 Å². The van der Waals surface area contributed by atoms with Gasteiger partial charge in [-0.2, -0.15) is 0 Å². The first-order valence-electron chi connectivity index (χ1n) is 8.45. The molecule has 2 aromatic heterocycles. The Labute approximate surface area is 131 Å². The van der Waals surface area contributed by atoms with Gasteiger partial charge in [0.05, 0.1) is 5.56 Å². The van der Waals surface area contributed by atoms with Crippen LogP contribution in [0.4, 0.5) is 5.82 Å². The Hall–Kier alpha value is -1.84. The maximum atomic E-state index is 12.7. The van der Waals surface area contributed by atoms with E-state index in [1.54, 1.807) is 4.40 Å². The van der Waals surface area contributed by atoms with Gasteiger partial charge in [-0.3, -0.25) is 9.20 Å². The summed E-state index contributed by atoms with van der Waals surface area (Å²) >= 11 is 0. The van der Waals surface area contributed by atoms with E-state index in [1.807, 2.05) is 32.2 Å². The van der Waals surface area contributed by atoms with Crippen LogP contribution in [0.1, 0.15) is 50.2 Å². The molecule has 0 radical (unpaired) electrons. The summed E-state index contributed by atoms with van der Waals surface area (Å²) in [7, 11) is 0. The fourth-order valence-corrected chi connectivity index (χ4v) is 3.43. The molecule has 0 bridgehead atoms. The molecule has 4 nitrogen and oxygen atoms in total. The molecule has 1 aliphatic carbocycles. The van der Waals surface area contributed by atoms with E-state index in [0.717, 1.165) is 35.1 Å². The average molecular weight is 299 g/mol. The van der Waals surface area contributed by atoms with Gasteiger partial charge in [-0.25, -0.2) is 4.98 Å². The number of aryl methyl sites for hydroxylation is 1. The molecule has 2 aromatic rings. The minimum Gasteiger partial charge on any atom is -0.369 e. The van der Waals surface area contributed by atoms with Crippen molar-refractivity contribution in [2.24, 2.45) is 5.92 Å². The van der Waals surface area contributed by atoms with Gasteiger partial charge in [0.15, 0.2) is 0 Å². The van der Waals surface area contributed by atoms with E-state index in [-0.39, 0.29) is 5.56 Å². The monoisotopic (exact) mass is 299 g/mol. The van der Waals surface area contributed by atoms with E-state index < -0.39 is 0 Å². The van der Waals surface area contributed by atoms with E-state index in [0.29, 0.717) is 6.42 Å². The second-order valence-electron chi connectivity index (χ2n) is 6.37. The summed E-state index contributed by atoms with van der Waals surface area (Å²) in [5, 5.41) is 3.47. The molecule has 1 aliphatic rings. The average Bonchev–Trinajstić information content (AvgIpc) is 2.55. The van der Waals surface area contributed by atoms with Gasteiger partial charge in [0.25, 0.3) is 5.56 Å². The summed E-state index contributed by atoms with van der Waals surface area (Å²) in [6.45, 7) is 4.95. The largest absolute Gasteiger partial charge is 0.369 e. The molecular formula is C18H25N3O. The quantitative estimate of drug-likeness (QED) is 0.939. The molecule has 0 aliphatic heterocycles. The molecule has 2 heterocycles. The van der Waals surface area contributed by atoms with Crippen LogP contribution in [0, 0.1) is 12.8 Å². The maximum Gasteiger partial charge on any atom is 0.263 e. The molecule has 0 amide bonds. The first-order valence-corrected chi connectivity index (χ1v) is 8.45. The Morgan fingerprint density at radius 3 is 2.82 bits per heavy atom. The van der Waals surface area contributed by atoms with Crippen molar-refractivity contribution in [2.75, 3.05) is 11.9 Å². The van der Waals surface area contributed by atoms with Crippen molar-refractivity contribution in [3.63, 3.8) is 0 Å². The smallest absolute Gasteiger partial charge is 0.263 e. The predicted octanol–water partition coefficient (Wildman–Crippen LogP) is 3.56. The minimum absolute atomic E-state index is 0.0577. The number of nitrogens with zero attached hydrogens (tertiary/aromatic N) is 2. The van der Waals surface area contributed by atoms with Gasteiger partial charge in [-0.05, 0) is 43.7 Å². The van der Waals surface area contributed by atoms with Crippen molar-refractivity contribution in [1.29, 1.82) is 0 Å². The second-order valence-corrected chi connectivity index (χ2v) is 6.37. The van der Waals surface area contributed by atoms with Gasteiger partial charge < -0.3 is 5.32 Å². The van der Waals surface area contributed by atoms with Gasteiger partial charge in [0.1, 0.15) is 11.5 Å². The number of anilines is 1. The number of hydrogen-bond acceptors (Lipinski definition) is 3. The molecule has 0 atom stereocenters. The molecule has 0 unspecified atom stereocenters. The van der Waals surface area contributed by atoms with Gasteiger partial charge >= 0.3 is 0 Å². The molecule has 0 spiro atoms. The highest BCUT2D eigenvalue weighted by atomic mass is 16.1.